The van der Waals surface area contributed by atoms with Crippen LogP contribution in [0.2, 0.25) is 0 Å². The van der Waals surface area contributed by atoms with Gasteiger partial charge >= 0.3 is 5.97 Å². The van der Waals surface area contributed by atoms with Gasteiger partial charge in [0.25, 0.3) is 0 Å². The molecule has 2 aromatic rings. The van der Waals surface area contributed by atoms with E-state index in [4.69, 9.17) is 9.47 Å². The number of hydrogen-bond acceptors (Lipinski definition) is 5. The first kappa shape index (κ1) is 21.7. The zero-order chi connectivity index (χ0) is 21.0. The molecule has 0 radical (unpaired) electrons. The Morgan fingerprint density at radius 3 is 2.48 bits per heavy atom. The number of nitrogens with one attached hydrogen (secondary N) is 1. The van der Waals surface area contributed by atoms with Crippen LogP contribution in [0.1, 0.15) is 50.8 Å². The molecule has 1 aliphatic heterocycles. The van der Waals surface area contributed by atoms with E-state index in [1.165, 1.54) is 12.7 Å². The minimum atomic E-state index is -0.703. The highest BCUT2D eigenvalue weighted by molar-refractivity contribution is 8.01. The van der Waals surface area contributed by atoms with Crippen LogP contribution < -0.4 is 10.1 Å². The highest BCUT2D eigenvalue weighted by atomic mass is 32.2. The molecule has 2 unspecified atom stereocenters. The summed E-state index contributed by atoms with van der Waals surface area (Å²) in [5.41, 5.74) is 2.30. The maximum atomic E-state index is 13.3. The number of benzene rings is 2. The fourth-order valence-corrected chi connectivity index (χ4v) is 5.98. The summed E-state index contributed by atoms with van der Waals surface area (Å²) in [5.74, 6) is 0.794. The summed E-state index contributed by atoms with van der Waals surface area (Å²) < 4.78 is 10.2. The molecule has 5 heteroatoms. The normalized spacial score (nSPS) is 24.9. The fourth-order valence-electron chi connectivity index (χ4n) is 4.27. The Morgan fingerprint density at radius 2 is 1.90 bits per heavy atom. The molecule has 0 aliphatic carbocycles. The van der Waals surface area contributed by atoms with E-state index in [0.717, 1.165) is 29.1 Å². The van der Waals surface area contributed by atoms with E-state index < -0.39 is 4.75 Å². The average molecular weight is 414 g/mol. The highest BCUT2D eigenvalue weighted by Crippen LogP contribution is 2.50. The van der Waals surface area contributed by atoms with Crippen molar-refractivity contribution < 1.29 is 14.3 Å². The van der Waals surface area contributed by atoms with Gasteiger partial charge in [-0.25, -0.2) is 0 Å². The molecule has 3 rings (SSSR count). The molecule has 0 saturated heterocycles. The van der Waals surface area contributed by atoms with E-state index in [1.807, 2.05) is 12.1 Å². The van der Waals surface area contributed by atoms with Crippen LogP contribution in [-0.2, 0) is 9.53 Å². The lowest BCUT2D eigenvalue weighted by molar-refractivity contribution is -0.146. The van der Waals surface area contributed by atoms with Crippen LogP contribution in [0, 0.1) is 5.92 Å². The SMILES string of the molecule is CCC(C)C1(C(=O)OC)Sc2ccc(OC)cc2[C@@H](c2ccccc2)N[C@@H]1CC. The van der Waals surface area contributed by atoms with Crippen molar-refractivity contribution in [3.63, 3.8) is 0 Å². The van der Waals surface area contributed by atoms with Gasteiger partial charge in [-0.3, -0.25) is 4.79 Å². The van der Waals surface area contributed by atoms with E-state index in [1.54, 1.807) is 18.9 Å². The van der Waals surface area contributed by atoms with Gasteiger partial charge in [-0.1, -0.05) is 57.5 Å². The van der Waals surface area contributed by atoms with Crippen LogP contribution in [-0.4, -0.2) is 31.0 Å². The van der Waals surface area contributed by atoms with E-state index in [9.17, 15) is 4.79 Å². The number of carbonyl (C=O) groups excluding carboxylic acids is 1. The average Bonchev–Trinajstić information content (AvgIpc) is 2.93. The Hall–Kier alpha value is -1.98. The Bertz CT molecular complexity index is 841. The molecule has 0 saturated carbocycles. The predicted octanol–water partition coefficient (Wildman–Crippen LogP) is 5.22. The zero-order valence-electron chi connectivity index (χ0n) is 17.9. The molecular weight excluding hydrogens is 382 g/mol. The van der Waals surface area contributed by atoms with Crippen molar-refractivity contribution in [3.8, 4) is 5.75 Å². The van der Waals surface area contributed by atoms with Crippen molar-refractivity contribution in [2.75, 3.05) is 14.2 Å². The smallest absolute Gasteiger partial charge is 0.324 e. The number of carbonyl (C=O) groups is 1. The van der Waals surface area contributed by atoms with Crippen LogP contribution in [0.3, 0.4) is 0 Å². The van der Waals surface area contributed by atoms with Crippen LogP contribution in [0.15, 0.2) is 53.4 Å². The summed E-state index contributed by atoms with van der Waals surface area (Å²) in [7, 11) is 3.18. The molecule has 0 amide bonds. The van der Waals surface area contributed by atoms with Crippen LogP contribution in [0.25, 0.3) is 0 Å². The first-order chi connectivity index (χ1) is 14.0. The third kappa shape index (κ3) is 3.90. The third-order valence-corrected chi connectivity index (χ3v) is 7.87. The van der Waals surface area contributed by atoms with E-state index in [2.05, 4.69) is 62.5 Å². The van der Waals surface area contributed by atoms with Gasteiger partial charge in [-0.15, -0.1) is 11.8 Å². The van der Waals surface area contributed by atoms with Gasteiger partial charge in [0.2, 0.25) is 0 Å². The second-order valence-corrected chi connectivity index (χ2v) is 8.89. The molecule has 0 spiro atoms. The molecule has 0 aromatic heterocycles. The quantitative estimate of drug-likeness (QED) is 0.658. The summed E-state index contributed by atoms with van der Waals surface area (Å²) >= 11 is 1.65. The van der Waals surface area contributed by atoms with Crippen molar-refractivity contribution in [2.24, 2.45) is 5.92 Å². The number of esters is 1. The fraction of sp³-hybridized carbons (Fsp3) is 0.458. The Morgan fingerprint density at radius 1 is 1.17 bits per heavy atom. The Kier molecular flexibility index (Phi) is 6.91. The van der Waals surface area contributed by atoms with E-state index in [-0.39, 0.29) is 24.0 Å². The molecule has 2 aromatic carbocycles. The second kappa shape index (κ2) is 9.23. The first-order valence-electron chi connectivity index (χ1n) is 10.3. The van der Waals surface area contributed by atoms with Crippen molar-refractivity contribution in [1.29, 1.82) is 0 Å². The van der Waals surface area contributed by atoms with Gasteiger partial charge in [0.15, 0.2) is 0 Å². The maximum absolute atomic E-state index is 13.3. The minimum Gasteiger partial charge on any atom is -0.497 e. The van der Waals surface area contributed by atoms with Gasteiger partial charge in [0.05, 0.1) is 20.3 Å². The molecule has 1 heterocycles. The largest absolute Gasteiger partial charge is 0.497 e. The molecule has 4 nitrogen and oxygen atoms in total. The summed E-state index contributed by atoms with van der Waals surface area (Å²) in [4.78, 5) is 14.4. The standard InChI is InChI=1S/C24H31NO3S/c1-6-16(3)24(23(26)28-5)21(7-2)25-22(17-11-9-8-10-12-17)19-15-18(27-4)13-14-20(19)29-24/h8-16,21-22,25H,6-7H2,1-5H3/t16?,21-,22-,24?/m1/s1. The first-order valence-corrected chi connectivity index (χ1v) is 11.1. The zero-order valence-corrected chi connectivity index (χ0v) is 18.7. The van der Waals surface area contributed by atoms with Gasteiger partial charge < -0.3 is 14.8 Å². The van der Waals surface area contributed by atoms with Crippen LogP contribution >= 0.6 is 11.8 Å². The number of fused-ring (bicyclic) bond motifs is 1. The van der Waals surface area contributed by atoms with E-state index >= 15 is 0 Å². The lowest BCUT2D eigenvalue weighted by Crippen LogP contribution is -2.57. The van der Waals surface area contributed by atoms with Gasteiger partial charge in [-0.05, 0) is 41.7 Å². The summed E-state index contributed by atoms with van der Waals surface area (Å²) in [6.07, 6.45) is 1.71. The number of methoxy groups -OCH3 is 2. The van der Waals surface area contributed by atoms with Gasteiger partial charge in [-0.2, -0.15) is 0 Å². The number of thioether (sulfide) groups is 1. The number of rotatable bonds is 6. The lowest BCUT2D eigenvalue weighted by atomic mass is 9.82. The summed E-state index contributed by atoms with van der Waals surface area (Å²) in [6.45, 7) is 6.42. The van der Waals surface area contributed by atoms with Gasteiger partial charge in [0.1, 0.15) is 10.5 Å². The molecule has 4 atom stereocenters. The van der Waals surface area contributed by atoms with Crippen LogP contribution in [0.5, 0.6) is 5.75 Å². The summed E-state index contributed by atoms with van der Waals surface area (Å²) in [5, 5.41) is 3.83. The topological polar surface area (TPSA) is 47.6 Å². The molecular formula is C24H31NO3S. The number of ether oxygens (including phenoxy) is 2. The Balaban J connectivity index is 2.24. The highest BCUT2D eigenvalue weighted by Gasteiger charge is 2.53. The molecule has 0 bridgehead atoms. The molecule has 1 N–H and O–H groups in total. The summed E-state index contributed by atoms with van der Waals surface area (Å²) in [6, 6.07) is 16.5. The van der Waals surface area contributed by atoms with Crippen molar-refractivity contribution in [3.05, 3.63) is 59.7 Å². The Labute approximate surface area is 178 Å². The predicted molar refractivity (Wildman–Crippen MR) is 119 cm³/mol. The molecule has 1 aliphatic rings. The number of hydrogen-bond donors (Lipinski definition) is 1. The maximum Gasteiger partial charge on any atom is 0.324 e. The van der Waals surface area contributed by atoms with Crippen molar-refractivity contribution >= 4 is 17.7 Å². The second-order valence-electron chi connectivity index (χ2n) is 7.57. The third-order valence-electron chi connectivity index (χ3n) is 6.08. The van der Waals surface area contributed by atoms with Crippen molar-refractivity contribution in [2.45, 2.75) is 55.3 Å². The molecule has 156 valence electrons. The van der Waals surface area contributed by atoms with Gasteiger partial charge in [0, 0.05) is 10.9 Å². The van der Waals surface area contributed by atoms with Crippen molar-refractivity contribution in [1.82, 2.24) is 5.32 Å². The lowest BCUT2D eigenvalue weighted by Gasteiger charge is -2.41. The van der Waals surface area contributed by atoms with E-state index in [0.29, 0.717) is 0 Å². The molecule has 0 fully saturated rings. The van der Waals surface area contributed by atoms with Crippen LogP contribution in [0.4, 0.5) is 0 Å². The monoisotopic (exact) mass is 413 g/mol. The minimum absolute atomic E-state index is 0.0330. The molecule has 29 heavy (non-hydrogen) atoms.